The monoisotopic (exact) mass is 630 g/mol. The summed E-state index contributed by atoms with van der Waals surface area (Å²) in [6, 6.07) is 21.7. The summed E-state index contributed by atoms with van der Waals surface area (Å²) in [5, 5.41) is 0.703. The van der Waals surface area contributed by atoms with Crippen LogP contribution in [0.25, 0.3) is 0 Å². The standard InChI is InChI=1S/C29H30N2O6S4/c1-20-10-13-23(14-11-20)41(33,34)37-29(38-4)31(19-21-8-6-5-7-9-21)27(32)26(40-29)28-30(2)24-18-22(36-17-16-35-3)12-15-25(24)39-28/h5-15,18H,16-17,19H2,1-4H3. The van der Waals surface area contributed by atoms with E-state index in [-0.39, 0.29) is 17.3 Å². The largest absolute Gasteiger partial charge is 0.491 e. The second kappa shape index (κ2) is 12.3. The smallest absolute Gasteiger partial charge is 0.300 e. The highest BCUT2D eigenvalue weighted by atomic mass is 32.2. The summed E-state index contributed by atoms with van der Waals surface area (Å²) in [6.07, 6.45) is 1.75. The zero-order valence-electron chi connectivity index (χ0n) is 23.0. The van der Waals surface area contributed by atoms with Crippen LogP contribution >= 0.6 is 35.3 Å². The summed E-state index contributed by atoms with van der Waals surface area (Å²) in [7, 11) is -0.707. The minimum atomic E-state index is -4.22. The number of carbonyl (C=O) groups is 1. The lowest BCUT2D eigenvalue weighted by Gasteiger charge is -2.34. The van der Waals surface area contributed by atoms with Crippen molar-refractivity contribution in [2.45, 2.75) is 27.6 Å². The molecule has 0 bridgehead atoms. The van der Waals surface area contributed by atoms with Crippen LogP contribution in [0.5, 0.6) is 5.75 Å². The van der Waals surface area contributed by atoms with Gasteiger partial charge in [0.2, 0.25) is 0 Å². The molecule has 1 unspecified atom stereocenters. The van der Waals surface area contributed by atoms with Crippen molar-refractivity contribution in [2.75, 3.05) is 38.5 Å². The molecule has 0 spiro atoms. The van der Waals surface area contributed by atoms with E-state index in [9.17, 15) is 13.2 Å². The third-order valence-electron chi connectivity index (χ3n) is 6.52. The number of hydrogen-bond acceptors (Lipinski definition) is 10. The van der Waals surface area contributed by atoms with Crippen LogP contribution in [-0.4, -0.2) is 57.2 Å². The molecule has 2 heterocycles. The van der Waals surface area contributed by atoms with E-state index < -0.39 is 14.5 Å². The molecule has 12 heteroatoms. The summed E-state index contributed by atoms with van der Waals surface area (Å²) in [5.41, 5.74) is 2.68. The van der Waals surface area contributed by atoms with Crippen LogP contribution in [0.2, 0.25) is 0 Å². The van der Waals surface area contributed by atoms with Crippen LogP contribution in [0, 0.1) is 6.92 Å². The van der Waals surface area contributed by atoms with Crippen LogP contribution in [0.3, 0.4) is 0 Å². The van der Waals surface area contributed by atoms with Crippen molar-refractivity contribution in [1.29, 1.82) is 0 Å². The third kappa shape index (κ3) is 6.13. The molecular weight excluding hydrogens is 601 g/mol. The van der Waals surface area contributed by atoms with Gasteiger partial charge in [-0.2, -0.15) is 8.42 Å². The van der Waals surface area contributed by atoms with E-state index in [0.717, 1.165) is 33.5 Å². The van der Waals surface area contributed by atoms with E-state index in [1.165, 1.54) is 40.6 Å². The van der Waals surface area contributed by atoms with Crippen LogP contribution in [0.15, 0.2) is 92.5 Å². The van der Waals surface area contributed by atoms with Crippen LogP contribution < -0.4 is 9.64 Å². The Hall–Kier alpha value is -2.61. The Morgan fingerprint density at radius 2 is 1.73 bits per heavy atom. The normalized spacial score (nSPS) is 20.5. The Kier molecular flexibility index (Phi) is 8.98. The number of rotatable bonds is 10. The van der Waals surface area contributed by atoms with Crippen molar-refractivity contribution in [3.05, 3.63) is 93.9 Å². The highest BCUT2D eigenvalue weighted by Gasteiger charge is 2.55. The van der Waals surface area contributed by atoms with Gasteiger partial charge in [0.25, 0.3) is 10.3 Å². The zero-order valence-corrected chi connectivity index (χ0v) is 26.3. The summed E-state index contributed by atoms with van der Waals surface area (Å²) < 4.78 is 42.4. The van der Waals surface area contributed by atoms with Crippen molar-refractivity contribution in [3.63, 3.8) is 0 Å². The van der Waals surface area contributed by atoms with E-state index in [1.54, 1.807) is 25.5 Å². The number of hydrogen-bond donors (Lipinski definition) is 0. The molecule has 1 fully saturated rings. The van der Waals surface area contributed by atoms with Gasteiger partial charge in [0, 0.05) is 25.1 Å². The van der Waals surface area contributed by atoms with Crippen LogP contribution in [0.4, 0.5) is 5.69 Å². The predicted molar refractivity (Wildman–Crippen MR) is 165 cm³/mol. The van der Waals surface area contributed by atoms with E-state index >= 15 is 0 Å². The van der Waals surface area contributed by atoms with Gasteiger partial charge in [-0.15, -0.1) is 0 Å². The number of aryl methyl sites for hydroxylation is 1. The van der Waals surface area contributed by atoms with E-state index in [2.05, 4.69) is 0 Å². The number of methoxy groups -OCH3 is 1. The molecule has 1 atom stereocenters. The molecule has 0 aliphatic carbocycles. The lowest BCUT2D eigenvalue weighted by Crippen LogP contribution is -2.44. The Bertz CT molecular complexity index is 1560. The highest BCUT2D eigenvalue weighted by molar-refractivity contribution is 8.21. The summed E-state index contributed by atoms with van der Waals surface area (Å²) in [4.78, 5) is 19.0. The number of thioether (sulfide) groups is 3. The average molecular weight is 631 g/mol. The number of amides is 1. The SMILES string of the molecule is COCCOc1ccc2c(c1)N(C)C(=C1SC(OS(=O)(=O)c3ccc(C)cc3)(SC)N(Cc3ccccc3)C1=O)S2. The average Bonchev–Trinajstić information content (AvgIpc) is 3.43. The van der Waals surface area contributed by atoms with E-state index in [1.807, 2.05) is 67.4 Å². The fourth-order valence-electron chi connectivity index (χ4n) is 4.34. The van der Waals surface area contributed by atoms with Gasteiger partial charge in [0.05, 0.1) is 28.8 Å². The minimum absolute atomic E-state index is 0.0334. The predicted octanol–water partition coefficient (Wildman–Crippen LogP) is 5.89. The first kappa shape index (κ1) is 29.9. The maximum absolute atomic E-state index is 14.2. The molecule has 2 aliphatic heterocycles. The molecule has 5 rings (SSSR count). The second-order valence-electron chi connectivity index (χ2n) is 9.32. The first-order valence-electron chi connectivity index (χ1n) is 12.7. The summed E-state index contributed by atoms with van der Waals surface area (Å²) in [5.74, 6) is 0.396. The zero-order chi connectivity index (χ0) is 29.2. The molecule has 0 saturated carbocycles. The van der Waals surface area contributed by atoms with Crippen molar-refractivity contribution in [3.8, 4) is 5.75 Å². The molecule has 1 amide bonds. The molecule has 2 aliphatic rings. The summed E-state index contributed by atoms with van der Waals surface area (Å²) >= 11 is 3.75. The van der Waals surface area contributed by atoms with E-state index in [0.29, 0.717) is 28.9 Å². The lowest BCUT2D eigenvalue weighted by molar-refractivity contribution is -0.131. The molecule has 3 aromatic carbocycles. The number of fused-ring (bicyclic) bond motifs is 1. The van der Waals surface area contributed by atoms with Crippen LogP contribution in [-0.2, 0) is 30.4 Å². The van der Waals surface area contributed by atoms with Gasteiger partial charge < -0.3 is 14.4 Å². The van der Waals surface area contributed by atoms with Gasteiger partial charge in [-0.1, -0.05) is 71.6 Å². The highest BCUT2D eigenvalue weighted by Crippen LogP contribution is 2.58. The van der Waals surface area contributed by atoms with Gasteiger partial charge in [-0.25, -0.2) is 4.18 Å². The van der Waals surface area contributed by atoms with Crippen molar-refractivity contribution >= 4 is 57.0 Å². The van der Waals surface area contributed by atoms with Gasteiger partial charge >= 0.3 is 10.1 Å². The molecule has 0 N–H and O–H groups in total. The number of carbonyl (C=O) groups excluding carboxylic acids is 1. The molecule has 41 heavy (non-hydrogen) atoms. The van der Waals surface area contributed by atoms with Gasteiger partial charge in [-0.3, -0.25) is 9.69 Å². The molecule has 216 valence electrons. The molecule has 0 aromatic heterocycles. The molecule has 0 radical (unpaired) electrons. The van der Waals surface area contributed by atoms with Gasteiger partial charge in [-0.05, 0) is 54.8 Å². The Morgan fingerprint density at radius 3 is 2.41 bits per heavy atom. The van der Waals surface area contributed by atoms with Crippen molar-refractivity contribution in [2.24, 2.45) is 0 Å². The topological polar surface area (TPSA) is 85.4 Å². The Labute approximate surface area is 253 Å². The quantitative estimate of drug-likeness (QED) is 0.117. The number of nitrogens with zero attached hydrogens (tertiary/aromatic N) is 2. The maximum atomic E-state index is 14.2. The van der Waals surface area contributed by atoms with Crippen molar-refractivity contribution in [1.82, 2.24) is 4.90 Å². The summed E-state index contributed by atoms with van der Waals surface area (Å²) in [6.45, 7) is 2.95. The fraction of sp³-hybridized carbons (Fsp3) is 0.276. The second-order valence-corrected chi connectivity index (χ2v) is 14.3. The Balaban J connectivity index is 1.53. The maximum Gasteiger partial charge on any atom is 0.300 e. The first-order chi connectivity index (χ1) is 19.7. The lowest BCUT2D eigenvalue weighted by atomic mass is 10.2. The van der Waals surface area contributed by atoms with E-state index in [4.69, 9.17) is 13.7 Å². The van der Waals surface area contributed by atoms with Crippen LogP contribution in [0.1, 0.15) is 11.1 Å². The minimum Gasteiger partial charge on any atom is -0.491 e. The fourth-order valence-corrected chi connectivity index (χ4v) is 9.42. The Morgan fingerprint density at radius 1 is 1.00 bits per heavy atom. The number of ether oxygens (including phenoxy) is 2. The first-order valence-corrected chi connectivity index (χ1v) is 17.0. The molecule has 8 nitrogen and oxygen atoms in total. The van der Waals surface area contributed by atoms with Gasteiger partial charge in [0.1, 0.15) is 17.3 Å². The third-order valence-corrected chi connectivity index (χ3v) is 12.1. The molecule has 3 aromatic rings. The number of benzene rings is 3. The molecular formula is C29H30N2O6S4. The number of anilines is 1. The van der Waals surface area contributed by atoms with Crippen molar-refractivity contribution < 1.29 is 26.9 Å². The van der Waals surface area contributed by atoms with Gasteiger partial charge in [0.15, 0.2) is 0 Å². The molecule has 1 saturated heterocycles.